The first-order chi connectivity index (χ1) is 22.3. The van der Waals surface area contributed by atoms with Crippen molar-refractivity contribution < 1.29 is 0 Å². The highest BCUT2D eigenvalue weighted by atomic mass is 32.1. The number of hydrogen-bond acceptors (Lipinski definition) is 1. The normalized spacial score (nSPS) is 12.0. The van der Waals surface area contributed by atoms with Crippen LogP contribution in [0.4, 0.5) is 0 Å². The van der Waals surface area contributed by atoms with Gasteiger partial charge >= 0.3 is 0 Å². The van der Waals surface area contributed by atoms with E-state index in [1.54, 1.807) is 0 Å². The molecule has 0 aliphatic rings. The second-order valence-electron chi connectivity index (χ2n) is 12.0. The van der Waals surface area contributed by atoms with Gasteiger partial charge in [-0.25, -0.2) is 0 Å². The summed E-state index contributed by atoms with van der Waals surface area (Å²) in [7, 11) is 0. The van der Waals surface area contributed by atoms with Crippen molar-refractivity contribution >= 4 is 85.4 Å². The number of rotatable bonds is 2. The second kappa shape index (κ2) is 9.50. The fourth-order valence-electron chi connectivity index (χ4n) is 7.64. The maximum Gasteiger partial charge on any atom is 0.0433 e. The topological polar surface area (TPSA) is 0 Å². The van der Waals surface area contributed by atoms with Crippen LogP contribution in [0.1, 0.15) is 0 Å². The highest BCUT2D eigenvalue weighted by Gasteiger charge is 2.16. The van der Waals surface area contributed by atoms with Crippen molar-refractivity contribution in [1.29, 1.82) is 0 Å². The monoisotopic (exact) mass is 586 g/mol. The maximum atomic E-state index is 2.42. The molecule has 0 fully saturated rings. The van der Waals surface area contributed by atoms with Gasteiger partial charge in [0.15, 0.2) is 0 Å². The number of fused-ring (bicyclic) bond motifs is 14. The summed E-state index contributed by atoms with van der Waals surface area (Å²) in [4.78, 5) is 0. The van der Waals surface area contributed by atoms with Crippen molar-refractivity contribution in [1.82, 2.24) is 0 Å². The van der Waals surface area contributed by atoms with E-state index >= 15 is 0 Å². The van der Waals surface area contributed by atoms with Crippen molar-refractivity contribution in [3.63, 3.8) is 0 Å². The van der Waals surface area contributed by atoms with E-state index in [0.29, 0.717) is 0 Å². The summed E-state index contributed by atoms with van der Waals surface area (Å²) < 4.78 is 2.69. The van der Waals surface area contributed by atoms with Crippen LogP contribution in [0.25, 0.3) is 96.3 Å². The van der Waals surface area contributed by atoms with Gasteiger partial charge in [0.1, 0.15) is 0 Å². The van der Waals surface area contributed by atoms with Gasteiger partial charge in [-0.2, -0.15) is 0 Å². The van der Waals surface area contributed by atoms with Gasteiger partial charge in [0, 0.05) is 20.2 Å². The summed E-state index contributed by atoms with van der Waals surface area (Å²) in [5.41, 5.74) is 5.03. The van der Waals surface area contributed by atoms with Crippen LogP contribution < -0.4 is 0 Å². The first-order valence-electron chi connectivity index (χ1n) is 15.5. The van der Waals surface area contributed by atoms with E-state index in [0.717, 1.165) is 0 Å². The standard InChI is InChI=1S/C44H26S/c1-4-17-35-31(13-1)32-14-2-5-18-36(32)43-38-24-23-28(26-40(38)33-15-3-6-19-37(33)42(35)43)27-11-9-12-29(25-27)30-20-10-21-39-34-16-7-8-22-41(34)45-44(30)39/h1-26H. The third-order valence-electron chi connectivity index (χ3n) is 9.62. The van der Waals surface area contributed by atoms with Gasteiger partial charge in [0.05, 0.1) is 0 Å². The van der Waals surface area contributed by atoms with E-state index in [9.17, 15) is 0 Å². The lowest BCUT2D eigenvalue weighted by atomic mass is 9.86. The summed E-state index contributed by atoms with van der Waals surface area (Å²) in [5, 5.41) is 15.8. The molecule has 1 heterocycles. The van der Waals surface area contributed by atoms with Crippen molar-refractivity contribution in [2.75, 3.05) is 0 Å². The molecular formula is C44H26S. The fraction of sp³-hybridized carbons (Fsp3) is 0. The molecule has 0 spiro atoms. The molecule has 0 saturated carbocycles. The second-order valence-corrected chi connectivity index (χ2v) is 13.1. The van der Waals surface area contributed by atoms with Gasteiger partial charge in [-0.05, 0) is 94.3 Å². The highest BCUT2D eigenvalue weighted by Crippen LogP contribution is 2.45. The molecule has 0 radical (unpaired) electrons. The van der Waals surface area contributed by atoms with Crippen molar-refractivity contribution in [3.05, 3.63) is 158 Å². The van der Waals surface area contributed by atoms with Gasteiger partial charge in [0.25, 0.3) is 0 Å². The minimum atomic E-state index is 1.24. The molecule has 0 atom stereocenters. The third-order valence-corrected chi connectivity index (χ3v) is 10.8. The van der Waals surface area contributed by atoms with E-state index in [2.05, 4.69) is 158 Å². The Labute approximate surface area is 264 Å². The molecule has 10 aromatic rings. The molecule has 208 valence electrons. The van der Waals surface area contributed by atoms with Gasteiger partial charge in [-0.1, -0.05) is 140 Å². The number of hydrogen-bond donors (Lipinski definition) is 0. The zero-order valence-electron chi connectivity index (χ0n) is 24.4. The van der Waals surface area contributed by atoms with Gasteiger partial charge in [-0.3, -0.25) is 0 Å². The SMILES string of the molecule is c1cc(-c2ccc3c(c2)c2ccccc2c2c4ccccc4c4ccccc4c32)cc(-c2cccc3c2sc2ccccc23)c1. The fourth-order valence-corrected chi connectivity index (χ4v) is 8.88. The largest absolute Gasteiger partial charge is 0.135 e. The van der Waals surface area contributed by atoms with Gasteiger partial charge < -0.3 is 0 Å². The Hall–Kier alpha value is -5.50. The van der Waals surface area contributed by atoms with Crippen molar-refractivity contribution in [3.8, 4) is 22.3 Å². The molecule has 0 N–H and O–H groups in total. The van der Waals surface area contributed by atoms with Crippen LogP contribution in [0.3, 0.4) is 0 Å². The highest BCUT2D eigenvalue weighted by molar-refractivity contribution is 7.26. The molecule has 0 saturated heterocycles. The minimum absolute atomic E-state index is 1.24. The number of thiophene rings is 1. The molecule has 0 amide bonds. The zero-order chi connectivity index (χ0) is 29.5. The molecule has 9 aromatic carbocycles. The van der Waals surface area contributed by atoms with Crippen LogP contribution in [-0.2, 0) is 0 Å². The quantitative estimate of drug-likeness (QED) is 0.177. The summed E-state index contributed by atoms with van der Waals surface area (Å²) in [6.07, 6.45) is 0. The van der Waals surface area contributed by atoms with Crippen LogP contribution in [0.15, 0.2) is 158 Å². The molecule has 0 unspecified atom stereocenters. The first kappa shape index (κ1) is 24.9. The van der Waals surface area contributed by atoms with Crippen LogP contribution in [0.5, 0.6) is 0 Å². The summed E-state index contributed by atoms with van der Waals surface area (Å²) in [5.74, 6) is 0. The predicted molar refractivity (Wildman–Crippen MR) is 198 cm³/mol. The van der Waals surface area contributed by atoms with Crippen molar-refractivity contribution in [2.24, 2.45) is 0 Å². The third kappa shape index (κ3) is 3.59. The van der Waals surface area contributed by atoms with E-state index in [1.165, 1.54) is 96.3 Å². The number of benzene rings is 9. The molecule has 0 aliphatic heterocycles. The molecule has 45 heavy (non-hydrogen) atoms. The molecule has 0 bridgehead atoms. The first-order valence-corrected chi connectivity index (χ1v) is 16.3. The average Bonchev–Trinajstić information content (AvgIpc) is 3.50. The van der Waals surface area contributed by atoms with E-state index in [4.69, 9.17) is 0 Å². The van der Waals surface area contributed by atoms with Gasteiger partial charge in [0.2, 0.25) is 0 Å². The summed E-state index contributed by atoms with van der Waals surface area (Å²) in [6, 6.07) is 58.4. The lowest BCUT2D eigenvalue weighted by molar-refractivity contribution is 1.63. The molecule has 1 aromatic heterocycles. The van der Waals surface area contributed by atoms with E-state index < -0.39 is 0 Å². The van der Waals surface area contributed by atoms with E-state index in [-0.39, 0.29) is 0 Å². The molecule has 0 aliphatic carbocycles. The summed E-state index contributed by atoms with van der Waals surface area (Å²) in [6.45, 7) is 0. The molecule has 0 nitrogen and oxygen atoms in total. The molecule has 10 rings (SSSR count). The Kier molecular flexibility index (Phi) is 5.25. The summed E-state index contributed by atoms with van der Waals surface area (Å²) >= 11 is 1.89. The predicted octanol–water partition coefficient (Wildman–Crippen LogP) is 13.2. The lowest BCUT2D eigenvalue weighted by Gasteiger charge is -2.17. The average molecular weight is 587 g/mol. The Balaban J connectivity index is 1.25. The van der Waals surface area contributed by atoms with Gasteiger partial charge in [-0.15, -0.1) is 11.3 Å². The lowest BCUT2D eigenvalue weighted by Crippen LogP contribution is -1.89. The van der Waals surface area contributed by atoms with E-state index in [1.807, 2.05) is 11.3 Å². The van der Waals surface area contributed by atoms with Crippen LogP contribution >= 0.6 is 11.3 Å². The zero-order valence-corrected chi connectivity index (χ0v) is 25.2. The van der Waals surface area contributed by atoms with Crippen LogP contribution in [-0.4, -0.2) is 0 Å². The smallest absolute Gasteiger partial charge is 0.0433 e. The minimum Gasteiger partial charge on any atom is -0.135 e. The molecule has 1 heteroatoms. The Morgan fingerprint density at radius 3 is 1.47 bits per heavy atom. The maximum absolute atomic E-state index is 2.42. The Morgan fingerprint density at radius 2 is 0.778 bits per heavy atom. The molecular weight excluding hydrogens is 561 g/mol. The Bertz CT molecular complexity index is 2820. The Morgan fingerprint density at radius 1 is 0.289 bits per heavy atom. The van der Waals surface area contributed by atoms with Crippen LogP contribution in [0.2, 0.25) is 0 Å². The van der Waals surface area contributed by atoms with Crippen molar-refractivity contribution in [2.45, 2.75) is 0 Å². The van der Waals surface area contributed by atoms with Crippen LogP contribution in [0, 0.1) is 0 Å².